The number of furan rings is 1. The van der Waals surface area contributed by atoms with Crippen LogP contribution in [-0.2, 0) is 11.3 Å². The lowest BCUT2D eigenvalue weighted by molar-refractivity contribution is 0.0515. The van der Waals surface area contributed by atoms with Crippen molar-refractivity contribution in [2.75, 3.05) is 6.61 Å². The van der Waals surface area contributed by atoms with E-state index in [-0.39, 0.29) is 6.61 Å². The van der Waals surface area contributed by atoms with Crippen molar-refractivity contribution in [1.29, 1.82) is 0 Å². The molecule has 164 valence electrons. The first kappa shape index (κ1) is 21.0. The van der Waals surface area contributed by atoms with Gasteiger partial charge in [0.25, 0.3) is 0 Å². The zero-order valence-corrected chi connectivity index (χ0v) is 18.8. The predicted octanol–water partition coefficient (Wildman–Crippen LogP) is 6.84. The molecule has 5 aromatic rings. The number of rotatable bonds is 6. The number of hydrogen-bond donors (Lipinski definition) is 0. The lowest BCUT2D eigenvalue weighted by Gasteiger charge is -2.12. The maximum atomic E-state index is 12.9. The van der Waals surface area contributed by atoms with Gasteiger partial charge in [0.05, 0.1) is 24.2 Å². The largest absolute Gasteiger partial charge is 0.461 e. The van der Waals surface area contributed by atoms with Crippen molar-refractivity contribution in [3.63, 3.8) is 0 Å². The van der Waals surface area contributed by atoms with Gasteiger partial charge in [-0.25, -0.2) is 4.79 Å². The molecule has 5 nitrogen and oxygen atoms in total. The van der Waals surface area contributed by atoms with Crippen molar-refractivity contribution >= 4 is 28.7 Å². The van der Waals surface area contributed by atoms with Gasteiger partial charge in [0, 0.05) is 29.0 Å². The van der Waals surface area contributed by atoms with Gasteiger partial charge in [0.1, 0.15) is 11.5 Å². The fourth-order valence-corrected chi connectivity index (χ4v) is 4.14. The van der Waals surface area contributed by atoms with Crippen LogP contribution in [0.4, 0.5) is 0 Å². The second-order valence-electron chi connectivity index (χ2n) is 7.59. The number of carbonyl (C=O) groups excluding carboxylic acids is 1. The maximum Gasteiger partial charge on any atom is 0.355 e. The van der Waals surface area contributed by atoms with Gasteiger partial charge in [-0.2, -0.15) is 0 Å². The van der Waals surface area contributed by atoms with Crippen molar-refractivity contribution in [3.8, 4) is 22.5 Å². The lowest BCUT2D eigenvalue weighted by atomic mass is 10.0. The van der Waals surface area contributed by atoms with Crippen LogP contribution in [0.1, 0.15) is 23.0 Å². The summed E-state index contributed by atoms with van der Waals surface area (Å²) in [5.41, 5.74) is 5.62. The predicted molar refractivity (Wildman–Crippen MR) is 129 cm³/mol. The van der Waals surface area contributed by atoms with Crippen molar-refractivity contribution in [2.45, 2.75) is 13.5 Å². The monoisotopic (exact) mass is 456 g/mol. The first-order valence-electron chi connectivity index (χ1n) is 10.7. The van der Waals surface area contributed by atoms with Crippen LogP contribution in [0, 0.1) is 0 Å². The van der Waals surface area contributed by atoms with E-state index in [1.54, 1.807) is 25.4 Å². The van der Waals surface area contributed by atoms with Crippen LogP contribution in [0.2, 0.25) is 5.02 Å². The zero-order chi connectivity index (χ0) is 22.8. The molecule has 0 bridgehead atoms. The van der Waals surface area contributed by atoms with E-state index in [1.165, 1.54) is 0 Å². The zero-order valence-electron chi connectivity index (χ0n) is 18.0. The van der Waals surface area contributed by atoms with Crippen LogP contribution in [0.25, 0.3) is 33.6 Å². The average Bonchev–Trinajstić information content (AvgIpc) is 3.38. The Morgan fingerprint density at radius 1 is 1.03 bits per heavy atom. The highest BCUT2D eigenvalue weighted by Gasteiger charge is 2.26. The molecule has 0 amide bonds. The second-order valence-corrected chi connectivity index (χ2v) is 8.03. The molecular weight excluding hydrogens is 436 g/mol. The molecule has 3 heterocycles. The summed E-state index contributed by atoms with van der Waals surface area (Å²) in [6, 6.07) is 23.2. The molecule has 2 aromatic carbocycles. The molecule has 6 heteroatoms. The number of fused-ring (bicyclic) bond motifs is 1. The molecule has 0 aliphatic carbocycles. The van der Waals surface area contributed by atoms with E-state index in [4.69, 9.17) is 20.8 Å². The fourth-order valence-electron chi connectivity index (χ4n) is 4.02. The smallest absolute Gasteiger partial charge is 0.355 e. The van der Waals surface area contributed by atoms with Crippen molar-refractivity contribution in [2.24, 2.45) is 0 Å². The maximum absolute atomic E-state index is 12.9. The van der Waals surface area contributed by atoms with Gasteiger partial charge in [0.15, 0.2) is 5.58 Å². The molecule has 0 aliphatic rings. The van der Waals surface area contributed by atoms with E-state index in [0.29, 0.717) is 22.8 Å². The number of hydrogen-bond acceptors (Lipinski definition) is 4. The van der Waals surface area contributed by atoms with E-state index in [2.05, 4.69) is 4.98 Å². The molecule has 33 heavy (non-hydrogen) atoms. The number of carbonyl (C=O) groups is 1. The van der Waals surface area contributed by atoms with Crippen LogP contribution in [0.15, 0.2) is 89.6 Å². The molecule has 0 saturated heterocycles. The number of nitrogens with zero attached hydrogens (tertiary/aromatic N) is 2. The van der Waals surface area contributed by atoms with E-state index >= 15 is 0 Å². The molecule has 0 unspecified atom stereocenters. The van der Waals surface area contributed by atoms with Gasteiger partial charge in [-0.1, -0.05) is 60.1 Å². The Morgan fingerprint density at radius 2 is 1.82 bits per heavy atom. The quantitative estimate of drug-likeness (QED) is 0.262. The van der Waals surface area contributed by atoms with Crippen LogP contribution in [0.3, 0.4) is 0 Å². The van der Waals surface area contributed by atoms with Crippen molar-refractivity contribution < 1.29 is 13.9 Å². The summed E-state index contributed by atoms with van der Waals surface area (Å²) in [5.74, 6) is 0.342. The summed E-state index contributed by atoms with van der Waals surface area (Å²) >= 11 is 6.17. The molecule has 3 aromatic heterocycles. The summed E-state index contributed by atoms with van der Waals surface area (Å²) < 4.78 is 13.7. The standard InChI is InChI=1S/C27H21ClN2O3/c1-2-32-27(31)22-15-23-25(30(22)17-18-7-6-14-29-16-18)24(19-10-12-21(28)13-11-19)26(33-23)20-8-4-3-5-9-20/h3-16H,2,17H2,1H3. The minimum absolute atomic E-state index is 0.289. The summed E-state index contributed by atoms with van der Waals surface area (Å²) in [6.45, 7) is 2.53. The highest BCUT2D eigenvalue weighted by Crippen LogP contribution is 2.42. The van der Waals surface area contributed by atoms with Crippen LogP contribution in [-0.4, -0.2) is 22.1 Å². The molecule has 0 radical (unpaired) electrons. The highest BCUT2D eigenvalue weighted by molar-refractivity contribution is 6.30. The Hall–Kier alpha value is -3.83. The van der Waals surface area contributed by atoms with Gasteiger partial charge in [-0.3, -0.25) is 4.98 Å². The van der Waals surface area contributed by atoms with Crippen LogP contribution >= 0.6 is 11.6 Å². The van der Waals surface area contributed by atoms with Crippen LogP contribution in [0.5, 0.6) is 0 Å². The Kier molecular flexibility index (Phi) is 5.71. The van der Waals surface area contributed by atoms with E-state index < -0.39 is 5.97 Å². The first-order chi connectivity index (χ1) is 16.2. The molecular formula is C27H21ClN2O3. The Balaban J connectivity index is 1.80. The number of aromatic nitrogens is 2. The highest BCUT2D eigenvalue weighted by atomic mass is 35.5. The third-order valence-corrected chi connectivity index (χ3v) is 5.71. The number of benzene rings is 2. The summed E-state index contributed by atoms with van der Waals surface area (Å²) in [7, 11) is 0. The van der Waals surface area contributed by atoms with E-state index in [9.17, 15) is 4.79 Å². The molecule has 0 atom stereocenters. The first-order valence-corrected chi connectivity index (χ1v) is 11.1. The van der Waals surface area contributed by atoms with Gasteiger partial charge >= 0.3 is 5.97 Å². The minimum Gasteiger partial charge on any atom is -0.461 e. The van der Waals surface area contributed by atoms with E-state index in [1.807, 2.05) is 71.3 Å². The molecule has 0 N–H and O–H groups in total. The van der Waals surface area contributed by atoms with Gasteiger partial charge in [-0.15, -0.1) is 0 Å². The lowest BCUT2D eigenvalue weighted by Crippen LogP contribution is -2.13. The molecule has 0 fully saturated rings. The third-order valence-electron chi connectivity index (χ3n) is 5.45. The van der Waals surface area contributed by atoms with Gasteiger partial charge in [0.2, 0.25) is 0 Å². The Morgan fingerprint density at radius 3 is 2.52 bits per heavy atom. The molecule has 0 saturated carbocycles. The van der Waals surface area contributed by atoms with Crippen LogP contribution < -0.4 is 0 Å². The fraction of sp³-hybridized carbons (Fsp3) is 0.111. The number of pyridine rings is 1. The van der Waals surface area contributed by atoms with Crippen molar-refractivity contribution in [1.82, 2.24) is 9.55 Å². The third kappa shape index (κ3) is 4.03. The Bertz CT molecular complexity index is 1410. The average molecular weight is 457 g/mol. The summed E-state index contributed by atoms with van der Waals surface area (Å²) in [5, 5.41) is 0.651. The summed E-state index contributed by atoms with van der Waals surface area (Å²) in [4.78, 5) is 17.1. The van der Waals surface area contributed by atoms with Gasteiger partial charge in [-0.05, 0) is 36.2 Å². The SMILES string of the molecule is CCOC(=O)c1cc2oc(-c3ccccc3)c(-c3ccc(Cl)cc3)c2n1Cc1cccnc1. The number of esters is 1. The van der Waals surface area contributed by atoms with E-state index in [0.717, 1.165) is 33.5 Å². The molecule has 0 spiro atoms. The number of halogens is 1. The van der Waals surface area contributed by atoms with Gasteiger partial charge < -0.3 is 13.7 Å². The van der Waals surface area contributed by atoms with Crippen molar-refractivity contribution in [3.05, 3.63) is 101 Å². The second kappa shape index (κ2) is 8.96. The minimum atomic E-state index is -0.392. The summed E-state index contributed by atoms with van der Waals surface area (Å²) in [6.07, 6.45) is 3.52. The molecule has 0 aliphatic heterocycles. The number of ether oxygens (including phenoxy) is 1. The topological polar surface area (TPSA) is 57.3 Å². The molecule has 5 rings (SSSR count). The normalized spacial score (nSPS) is 11.1. The Labute approximate surface area is 196 Å².